The van der Waals surface area contributed by atoms with Gasteiger partial charge in [0.05, 0.1) is 12.2 Å². The van der Waals surface area contributed by atoms with Crippen molar-refractivity contribution >= 4 is 0 Å². The van der Waals surface area contributed by atoms with Crippen molar-refractivity contribution in [2.75, 3.05) is 0 Å². The van der Waals surface area contributed by atoms with Crippen LogP contribution in [0.15, 0.2) is 24.3 Å². The first kappa shape index (κ1) is 13.2. The van der Waals surface area contributed by atoms with Gasteiger partial charge in [-0.05, 0) is 48.1 Å². The molecule has 0 radical (unpaired) electrons. The Labute approximate surface area is 117 Å². The van der Waals surface area contributed by atoms with E-state index >= 15 is 0 Å². The van der Waals surface area contributed by atoms with Gasteiger partial charge in [0.25, 0.3) is 0 Å². The molecule has 0 spiro atoms. The zero-order valence-electron chi connectivity index (χ0n) is 12.5. The summed E-state index contributed by atoms with van der Waals surface area (Å²) in [5.74, 6) is 0.860. The van der Waals surface area contributed by atoms with Gasteiger partial charge in [0, 0.05) is 0 Å². The van der Waals surface area contributed by atoms with Crippen LogP contribution in [0.5, 0.6) is 0 Å². The molecule has 1 aliphatic heterocycles. The van der Waals surface area contributed by atoms with Crippen molar-refractivity contribution in [3.8, 4) is 0 Å². The lowest BCUT2D eigenvalue weighted by atomic mass is 9.86. The molecule has 1 aliphatic carbocycles. The van der Waals surface area contributed by atoms with Crippen LogP contribution < -0.4 is 0 Å². The van der Waals surface area contributed by atoms with Crippen molar-refractivity contribution in [1.29, 1.82) is 0 Å². The Morgan fingerprint density at radius 2 is 1.84 bits per heavy atom. The van der Waals surface area contributed by atoms with Gasteiger partial charge in [0.15, 0.2) is 0 Å². The Morgan fingerprint density at radius 1 is 1.11 bits per heavy atom. The molecule has 1 aromatic rings. The molecule has 1 saturated carbocycles. The Hall–Kier alpha value is -0.820. The second kappa shape index (κ2) is 4.94. The molecule has 2 aliphatic rings. The van der Waals surface area contributed by atoms with Crippen molar-refractivity contribution in [2.45, 2.75) is 70.5 Å². The Morgan fingerprint density at radius 3 is 2.47 bits per heavy atom. The number of benzene rings is 1. The zero-order chi connectivity index (χ0) is 13.5. The lowest BCUT2D eigenvalue weighted by molar-refractivity contribution is 0.0416. The number of ether oxygens (including phenoxy) is 1. The Kier molecular flexibility index (Phi) is 3.42. The molecule has 1 saturated heterocycles. The average molecular weight is 258 g/mol. The molecule has 3 atom stereocenters. The molecule has 1 aromatic carbocycles. The third-order valence-electron chi connectivity index (χ3n) is 4.81. The van der Waals surface area contributed by atoms with Crippen LogP contribution in [-0.2, 0) is 16.6 Å². The first-order valence-corrected chi connectivity index (χ1v) is 7.77. The molecule has 1 heterocycles. The molecule has 0 unspecified atom stereocenters. The summed E-state index contributed by atoms with van der Waals surface area (Å²) in [7, 11) is 0. The summed E-state index contributed by atoms with van der Waals surface area (Å²) >= 11 is 0. The lowest BCUT2D eigenvalue weighted by Gasteiger charge is -2.19. The molecule has 0 bridgehead atoms. The summed E-state index contributed by atoms with van der Waals surface area (Å²) in [6.45, 7) is 6.80. The van der Waals surface area contributed by atoms with Gasteiger partial charge in [-0.2, -0.15) is 0 Å². The van der Waals surface area contributed by atoms with Crippen molar-refractivity contribution in [3.05, 3.63) is 35.4 Å². The highest BCUT2D eigenvalue weighted by molar-refractivity contribution is 5.28. The number of fused-ring (bicyclic) bond motifs is 1. The molecule has 0 aromatic heterocycles. The van der Waals surface area contributed by atoms with Crippen molar-refractivity contribution in [1.82, 2.24) is 0 Å². The van der Waals surface area contributed by atoms with Gasteiger partial charge in [-0.25, -0.2) is 0 Å². The fourth-order valence-electron chi connectivity index (χ4n) is 3.63. The quantitative estimate of drug-likeness (QED) is 0.759. The van der Waals surface area contributed by atoms with Gasteiger partial charge >= 0.3 is 0 Å². The van der Waals surface area contributed by atoms with Crippen LogP contribution in [-0.4, -0.2) is 12.2 Å². The largest absolute Gasteiger partial charge is 0.374 e. The Balaban J connectivity index is 1.62. The summed E-state index contributed by atoms with van der Waals surface area (Å²) in [4.78, 5) is 0. The van der Waals surface area contributed by atoms with Crippen LogP contribution in [0.2, 0.25) is 0 Å². The van der Waals surface area contributed by atoms with Gasteiger partial charge in [0.2, 0.25) is 0 Å². The maximum atomic E-state index is 6.19. The molecule has 0 amide bonds. The highest BCUT2D eigenvalue weighted by Gasteiger charge is 2.37. The predicted octanol–water partition coefficient (Wildman–Crippen LogP) is 4.48. The number of rotatable bonds is 2. The highest BCUT2D eigenvalue weighted by atomic mass is 16.5. The third-order valence-corrected chi connectivity index (χ3v) is 4.81. The minimum Gasteiger partial charge on any atom is -0.374 e. The normalized spacial score (nSPS) is 30.6. The van der Waals surface area contributed by atoms with E-state index < -0.39 is 0 Å². The van der Waals surface area contributed by atoms with Crippen molar-refractivity contribution in [3.63, 3.8) is 0 Å². The number of hydrogen-bond acceptors (Lipinski definition) is 1. The van der Waals surface area contributed by atoms with Gasteiger partial charge in [-0.1, -0.05) is 51.5 Å². The zero-order valence-corrected chi connectivity index (χ0v) is 12.5. The van der Waals surface area contributed by atoms with E-state index in [1.54, 1.807) is 0 Å². The molecule has 104 valence electrons. The monoisotopic (exact) mass is 258 g/mol. The van der Waals surface area contributed by atoms with Gasteiger partial charge in [-0.15, -0.1) is 0 Å². The second-order valence-electron chi connectivity index (χ2n) is 7.37. The van der Waals surface area contributed by atoms with Crippen LogP contribution >= 0.6 is 0 Å². The van der Waals surface area contributed by atoms with Crippen molar-refractivity contribution in [2.24, 2.45) is 5.92 Å². The first-order chi connectivity index (χ1) is 9.02. The fourth-order valence-corrected chi connectivity index (χ4v) is 3.63. The molecule has 0 N–H and O–H groups in total. The van der Waals surface area contributed by atoms with Gasteiger partial charge in [-0.3, -0.25) is 0 Å². The van der Waals surface area contributed by atoms with Crippen LogP contribution in [0.25, 0.3) is 0 Å². The van der Waals surface area contributed by atoms with Crippen molar-refractivity contribution < 1.29 is 4.74 Å². The summed E-state index contributed by atoms with van der Waals surface area (Å²) in [6.07, 6.45) is 7.49. The van der Waals surface area contributed by atoms with Crippen LogP contribution in [0.1, 0.15) is 57.6 Å². The topological polar surface area (TPSA) is 9.23 Å². The van der Waals surface area contributed by atoms with Crippen LogP contribution in [0.3, 0.4) is 0 Å². The minimum absolute atomic E-state index is 0.249. The van der Waals surface area contributed by atoms with Crippen LogP contribution in [0.4, 0.5) is 0 Å². The van der Waals surface area contributed by atoms with E-state index in [0.29, 0.717) is 12.2 Å². The molecular weight excluding hydrogens is 232 g/mol. The lowest BCUT2D eigenvalue weighted by Crippen LogP contribution is -2.14. The molecule has 19 heavy (non-hydrogen) atoms. The van der Waals surface area contributed by atoms with Gasteiger partial charge in [0.1, 0.15) is 0 Å². The smallest absolute Gasteiger partial charge is 0.0622 e. The van der Waals surface area contributed by atoms with E-state index in [1.807, 2.05) is 0 Å². The summed E-state index contributed by atoms with van der Waals surface area (Å²) < 4.78 is 6.19. The first-order valence-electron chi connectivity index (χ1n) is 7.77. The number of hydrogen-bond donors (Lipinski definition) is 0. The molecular formula is C18H26O. The second-order valence-corrected chi connectivity index (χ2v) is 7.37. The minimum atomic E-state index is 0.249. The predicted molar refractivity (Wildman–Crippen MR) is 79.5 cm³/mol. The maximum Gasteiger partial charge on any atom is 0.0622 e. The molecule has 1 nitrogen and oxygen atoms in total. The summed E-state index contributed by atoms with van der Waals surface area (Å²) in [5, 5.41) is 0. The maximum absolute atomic E-state index is 6.19. The fraction of sp³-hybridized carbons (Fsp3) is 0.667. The highest BCUT2D eigenvalue weighted by Crippen LogP contribution is 2.39. The van der Waals surface area contributed by atoms with Crippen LogP contribution in [0, 0.1) is 5.92 Å². The van der Waals surface area contributed by atoms with Gasteiger partial charge < -0.3 is 4.74 Å². The Bertz CT molecular complexity index is 414. The molecule has 1 heteroatoms. The summed E-state index contributed by atoms with van der Waals surface area (Å²) in [6, 6.07) is 9.15. The molecule has 3 rings (SSSR count). The van der Waals surface area contributed by atoms with E-state index in [0.717, 1.165) is 12.3 Å². The average Bonchev–Trinajstić information content (AvgIpc) is 2.89. The van der Waals surface area contributed by atoms with E-state index in [4.69, 9.17) is 4.74 Å². The summed E-state index contributed by atoms with van der Waals surface area (Å²) in [5.41, 5.74) is 3.10. The standard InChI is InChI=1S/C18H26O/c1-18(2,3)15-9-7-13(8-10-15)11-16-12-14-5-4-6-17(14)19-16/h7-10,14,16-17H,4-6,11-12H2,1-3H3/t14-,16-,17-/m1/s1. The van der Waals surface area contributed by atoms with E-state index in [2.05, 4.69) is 45.0 Å². The SMILES string of the molecule is CC(C)(C)c1ccc(C[C@@H]2C[C@H]3CCC[C@H]3O2)cc1. The van der Waals surface area contributed by atoms with E-state index in [9.17, 15) is 0 Å². The third kappa shape index (κ3) is 2.86. The van der Waals surface area contributed by atoms with E-state index in [1.165, 1.54) is 36.8 Å². The van der Waals surface area contributed by atoms with E-state index in [-0.39, 0.29) is 5.41 Å². The molecule has 2 fully saturated rings.